The van der Waals surface area contributed by atoms with Crippen LogP contribution in [0.15, 0.2) is 71.5 Å². The van der Waals surface area contributed by atoms with Crippen molar-refractivity contribution in [2.24, 2.45) is 0 Å². The van der Waals surface area contributed by atoms with Crippen LogP contribution in [0.1, 0.15) is 29.2 Å². The van der Waals surface area contributed by atoms with Crippen LogP contribution >= 0.6 is 0 Å². The van der Waals surface area contributed by atoms with Crippen LogP contribution in [0, 0.1) is 13.8 Å². The number of ether oxygens (including phenoxy) is 1. The van der Waals surface area contributed by atoms with Crippen molar-refractivity contribution in [3.05, 3.63) is 99.3 Å². The molecular formula is C29H31N3O3. The fourth-order valence-corrected chi connectivity index (χ4v) is 4.08. The van der Waals surface area contributed by atoms with E-state index in [1.54, 1.807) is 13.2 Å². The SMILES string of the molecule is CCc1ccc(NCc2cc3ccc(OC)cc3n(CC(=O)Nc3cc(C)ccc3C)c2=O)cc1. The van der Waals surface area contributed by atoms with Crippen molar-refractivity contribution in [1.29, 1.82) is 0 Å². The maximum Gasteiger partial charge on any atom is 0.256 e. The molecule has 0 aliphatic rings. The first-order valence-corrected chi connectivity index (χ1v) is 11.8. The number of fused-ring (bicyclic) bond motifs is 1. The average molecular weight is 470 g/mol. The smallest absolute Gasteiger partial charge is 0.256 e. The number of hydrogen-bond donors (Lipinski definition) is 2. The highest BCUT2D eigenvalue weighted by Gasteiger charge is 2.14. The van der Waals surface area contributed by atoms with E-state index in [0.29, 0.717) is 23.4 Å². The Balaban J connectivity index is 1.66. The maximum atomic E-state index is 13.5. The molecule has 0 spiro atoms. The second kappa shape index (κ2) is 10.5. The molecule has 0 saturated heterocycles. The van der Waals surface area contributed by atoms with E-state index in [4.69, 9.17) is 4.74 Å². The molecule has 1 heterocycles. The number of amides is 1. The van der Waals surface area contributed by atoms with Crippen molar-refractivity contribution in [1.82, 2.24) is 4.57 Å². The lowest BCUT2D eigenvalue weighted by Crippen LogP contribution is -2.30. The Bertz CT molecular complexity index is 1420. The zero-order valence-corrected chi connectivity index (χ0v) is 20.6. The van der Waals surface area contributed by atoms with Crippen molar-refractivity contribution in [2.75, 3.05) is 17.7 Å². The molecule has 2 N–H and O–H groups in total. The summed E-state index contributed by atoms with van der Waals surface area (Å²) in [6.45, 7) is 6.29. The molecule has 6 nitrogen and oxygen atoms in total. The number of carbonyl (C=O) groups excluding carboxylic acids is 1. The van der Waals surface area contributed by atoms with Gasteiger partial charge in [0, 0.05) is 29.5 Å². The number of anilines is 2. The van der Waals surface area contributed by atoms with Crippen LogP contribution in [0.3, 0.4) is 0 Å². The van der Waals surface area contributed by atoms with Gasteiger partial charge in [-0.15, -0.1) is 0 Å². The maximum absolute atomic E-state index is 13.5. The quantitative estimate of drug-likeness (QED) is 0.360. The molecule has 3 aromatic carbocycles. The second-order valence-corrected chi connectivity index (χ2v) is 8.76. The van der Waals surface area contributed by atoms with Crippen molar-refractivity contribution < 1.29 is 9.53 Å². The fraction of sp³-hybridized carbons (Fsp3) is 0.241. The minimum Gasteiger partial charge on any atom is -0.497 e. The van der Waals surface area contributed by atoms with E-state index in [0.717, 1.165) is 34.3 Å². The van der Waals surface area contributed by atoms with E-state index < -0.39 is 0 Å². The largest absolute Gasteiger partial charge is 0.497 e. The molecule has 0 saturated carbocycles. The van der Waals surface area contributed by atoms with E-state index in [-0.39, 0.29) is 18.0 Å². The molecular weight excluding hydrogens is 438 g/mol. The van der Waals surface area contributed by atoms with E-state index in [9.17, 15) is 9.59 Å². The van der Waals surface area contributed by atoms with Gasteiger partial charge in [0.2, 0.25) is 5.91 Å². The molecule has 0 atom stereocenters. The highest BCUT2D eigenvalue weighted by atomic mass is 16.5. The van der Waals surface area contributed by atoms with Crippen molar-refractivity contribution in [2.45, 2.75) is 40.3 Å². The first-order chi connectivity index (χ1) is 16.9. The van der Waals surface area contributed by atoms with Gasteiger partial charge >= 0.3 is 0 Å². The van der Waals surface area contributed by atoms with Crippen LogP contribution in [0.4, 0.5) is 11.4 Å². The Hall–Kier alpha value is -4.06. The Morgan fingerprint density at radius 2 is 1.74 bits per heavy atom. The monoisotopic (exact) mass is 469 g/mol. The van der Waals surface area contributed by atoms with Gasteiger partial charge in [-0.05, 0) is 78.7 Å². The number of nitrogens with one attached hydrogen (secondary N) is 2. The van der Waals surface area contributed by atoms with E-state index in [1.807, 2.05) is 62.4 Å². The minimum atomic E-state index is -0.259. The molecule has 0 aliphatic carbocycles. The van der Waals surface area contributed by atoms with Gasteiger partial charge in [0.05, 0.1) is 12.6 Å². The Morgan fingerprint density at radius 1 is 0.971 bits per heavy atom. The molecule has 0 radical (unpaired) electrons. The van der Waals surface area contributed by atoms with Gasteiger partial charge in [0.25, 0.3) is 5.56 Å². The summed E-state index contributed by atoms with van der Waals surface area (Å²) in [6, 6.07) is 21.5. The van der Waals surface area contributed by atoms with Crippen LogP contribution in [0.2, 0.25) is 0 Å². The lowest BCUT2D eigenvalue weighted by atomic mass is 10.1. The number of rotatable bonds is 8. The second-order valence-electron chi connectivity index (χ2n) is 8.76. The van der Waals surface area contributed by atoms with Crippen LogP contribution in [0.25, 0.3) is 10.9 Å². The third-order valence-corrected chi connectivity index (χ3v) is 6.19. The molecule has 4 rings (SSSR count). The molecule has 1 aromatic heterocycles. The average Bonchev–Trinajstić information content (AvgIpc) is 2.87. The number of carbonyl (C=O) groups is 1. The van der Waals surface area contributed by atoms with Gasteiger partial charge in [-0.25, -0.2) is 0 Å². The summed E-state index contributed by atoms with van der Waals surface area (Å²) in [5, 5.41) is 7.16. The Kier molecular flexibility index (Phi) is 7.20. The molecule has 0 bridgehead atoms. The first-order valence-electron chi connectivity index (χ1n) is 11.8. The van der Waals surface area contributed by atoms with Crippen LogP contribution < -0.4 is 20.9 Å². The molecule has 35 heavy (non-hydrogen) atoms. The third kappa shape index (κ3) is 5.54. The van der Waals surface area contributed by atoms with E-state index >= 15 is 0 Å². The predicted molar refractivity (Wildman–Crippen MR) is 142 cm³/mol. The molecule has 6 heteroatoms. The van der Waals surface area contributed by atoms with Gasteiger partial charge < -0.3 is 15.4 Å². The highest BCUT2D eigenvalue weighted by Crippen LogP contribution is 2.22. The number of aryl methyl sites for hydroxylation is 3. The highest BCUT2D eigenvalue weighted by molar-refractivity contribution is 5.92. The van der Waals surface area contributed by atoms with E-state index in [2.05, 4.69) is 29.7 Å². The number of pyridine rings is 1. The molecule has 0 aliphatic heterocycles. The van der Waals surface area contributed by atoms with Crippen molar-refractivity contribution in [3.63, 3.8) is 0 Å². The Morgan fingerprint density at radius 3 is 2.46 bits per heavy atom. The molecule has 1 amide bonds. The summed E-state index contributed by atoms with van der Waals surface area (Å²) in [5.41, 5.74) is 6.00. The summed E-state index contributed by atoms with van der Waals surface area (Å²) in [4.78, 5) is 26.5. The summed E-state index contributed by atoms with van der Waals surface area (Å²) in [6.07, 6.45) is 0.975. The topological polar surface area (TPSA) is 72.4 Å². The summed E-state index contributed by atoms with van der Waals surface area (Å²) in [7, 11) is 1.58. The van der Waals surface area contributed by atoms with Crippen LogP contribution in [-0.4, -0.2) is 17.6 Å². The molecule has 0 unspecified atom stereocenters. The summed E-state index contributed by atoms with van der Waals surface area (Å²) in [5.74, 6) is 0.368. The number of aromatic nitrogens is 1. The number of hydrogen-bond acceptors (Lipinski definition) is 4. The van der Waals surface area contributed by atoms with Crippen LogP contribution in [0.5, 0.6) is 5.75 Å². The summed E-state index contributed by atoms with van der Waals surface area (Å²) < 4.78 is 6.90. The van der Waals surface area contributed by atoms with Crippen molar-refractivity contribution in [3.8, 4) is 5.75 Å². The minimum absolute atomic E-state index is 0.102. The Labute approximate surface area is 205 Å². The van der Waals surface area contributed by atoms with Gasteiger partial charge in [0.1, 0.15) is 12.3 Å². The normalized spacial score (nSPS) is 10.9. The first kappa shape index (κ1) is 24.1. The standard InChI is InChI=1S/C29H31N3O3/c1-5-21-8-11-24(12-9-21)30-17-23-15-22-10-13-25(35-4)16-27(22)32(29(23)34)18-28(33)31-26-14-19(2)6-7-20(26)3/h6-16,30H,5,17-18H2,1-4H3,(H,31,33). The number of methoxy groups -OCH3 is 1. The third-order valence-electron chi connectivity index (χ3n) is 6.19. The van der Waals surface area contributed by atoms with Crippen LogP contribution in [-0.2, 0) is 24.3 Å². The fourth-order valence-electron chi connectivity index (χ4n) is 4.08. The van der Waals surface area contributed by atoms with Gasteiger partial charge in [-0.2, -0.15) is 0 Å². The van der Waals surface area contributed by atoms with E-state index in [1.165, 1.54) is 10.1 Å². The molecule has 0 fully saturated rings. The number of nitrogens with zero attached hydrogens (tertiary/aromatic N) is 1. The lowest BCUT2D eigenvalue weighted by Gasteiger charge is -2.16. The van der Waals surface area contributed by atoms with Crippen molar-refractivity contribution >= 4 is 28.2 Å². The zero-order valence-electron chi connectivity index (χ0n) is 20.6. The lowest BCUT2D eigenvalue weighted by molar-refractivity contribution is -0.116. The van der Waals surface area contributed by atoms with Gasteiger partial charge in [-0.3, -0.25) is 14.2 Å². The number of benzene rings is 3. The zero-order chi connectivity index (χ0) is 24.9. The summed E-state index contributed by atoms with van der Waals surface area (Å²) >= 11 is 0. The predicted octanol–water partition coefficient (Wildman–Crippen LogP) is 5.44. The molecule has 180 valence electrons. The van der Waals surface area contributed by atoms with Gasteiger partial charge in [0.15, 0.2) is 0 Å². The van der Waals surface area contributed by atoms with Gasteiger partial charge in [-0.1, -0.05) is 31.2 Å². The molecule has 4 aromatic rings.